The number of nitrogens with one attached hydrogen (secondary N) is 1. The van der Waals surface area contributed by atoms with Gasteiger partial charge >= 0.3 is 0 Å². The molecule has 0 spiro atoms. The Kier molecular flexibility index (Phi) is 10.1. The molecule has 19 heavy (non-hydrogen) atoms. The van der Waals surface area contributed by atoms with Crippen molar-refractivity contribution in [2.75, 3.05) is 25.5 Å². The van der Waals surface area contributed by atoms with E-state index in [2.05, 4.69) is 27.2 Å². The minimum absolute atomic E-state index is 0.565. The number of piperidine rings is 1. The number of anilines is 1. The van der Waals surface area contributed by atoms with Gasteiger partial charge in [0.1, 0.15) is 12.1 Å². The van der Waals surface area contributed by atoms with E-state index < -0.39 is 0 Å². The minimum atomic E-state index is 0.565. The summed E-state index contributed by atoms with van der Waals surface area (Å²) in [4.78, 5) is 10.7. The molecule has 0 aromatic carbocycles. The molecular formula is C15H30N4. The van der Waals surface area contributed by atoms with E-state index in [0.29, 0.717) is 6.04 Å². The summed E-state index contributed by atoms with van der Waals surface area (Å²) >= 11 is 0. The molecule has 2 heterocycles. The van der Waals surface area contributed by atoms with Gasteiger partial charge in [0.15, 0.2) is 0 Å². The van der Waals surface area contributed by atoms with Crippen LogP contribution in [0.15, 0.2) is 12.4 Å². The highest BCUT2D eigenvalue weighted by Gasteiger charge is 2.16. The predicted molar refractivity (Wildman–Crippen MR) is 83.6 cm³/mol. The molecule has 1 N–H and O–H groups in total. The number of nitrogens with zero attached hydrogens (tertiary/aromatic N) is 3. The Morgan fingerprint density at radius 3 is 2.21 bits per heavy atom. The molecule has 1 aliphatic rings. The molecule has 0 amide bonds. The Bertz CT molecular complexity index is 320. The van der Waals surface area contributed by atoms with Crippen molar-refractivity contribution in [3.05, 3.63) is 18.1 Å². The molecule has 0 unspecified atom stereocenters. The molecule has 4 heteroatoms. The highest BCUT2D eigenvalue weighted by molar-refractivity contribution is 5.35. The van der Waals surface area contributed by atoms with Gasteiger partial charge < -0.3 is 10.2 Å². The Morgan fingerprint density at radius 2 is 1.68 bits per heavy atom. The lowest BCUT2D eigenvalue weighted by Crippen LogP contribution is -2.36. The number of rotatable bonds is 2. The molecule has 0 aliphatic carbocycles. The molecule has 1 fully saturated rings. The highest BCUT2D eigenvalue weighted by atomic mass is 15.1. The molecule has 1 aliphatic heterocycles. The van der Waals surface area contributed by atoms with Crippen LogP contribution in [0.5, 0.6) is 0 Å². The maximum absolute atomic E-state index is 4.22. The number of aromatic nitrogens is 2. The number of likely N-dealkylation sites (tertiary alicyclic amines) is 1. The third-order valence-electron chi connectivity index (χ3n) is 2.87. The average Bonchev–Trinajstić information content (AvgIpc) is 2.46. The van der Waals surface area contributed by atoms with E-state index in [9.17, 15) is 0 Å². The van der Waals surface area contributed by atoms with Gasteiger partial charge in [0.2, 0.25) is 0 Å². The van der Waals surface area contributed by atoms with Crippen LogP contribution in [-0.4, -0.2) is 41.0 Å². The first-order valence-corrected chi connectivity index (χ1v) is 7.48. The van der Waals surface area contributed by atoms with Crippen LogP contribution in [0.3, 0.4) is 0 Å². The molecule has 1 aromatic heterocycles. The second-order valence-corrected chi connectivity index (χ2v) is 4.27. The molecule has 0 atom stereocenters. The number of hydrogen-bond donors (Lipinski definition) is 1. The van der Waals surface area contributed by atoms with Gasteiger partial charge in [-0.25, -0.2) is 9.97 Å². The Labute approximate surface area is 118 Å². The summed E-state index contributed by atoms with van der Waals surface area (Å²) in [5.41, 5.74) is 1.01. The van der Waals surface area contributed by atoms with Crippen molar-refractivity contribution < 1.29 is 0 Å². The monoisotopic (exact) mass is 266 g/mol. The Hall–Kier alpha value is -1.16. The summed E-state index contributed by atoms with van der Waals surface area (Å²) in [6.07, 6.45) is 4.01. The first-order chi connectivity index (χ1) is 9.24. The fourth-order valence-corrected chi connectivity index (χ4v) is 1.90. The quantitative estimate of drug-likeness (QED) is 0.891. The van der Waals surface area contributed by atoms with Gasteiger partial charge in [-0.15, -0.1) is 0 Å². The molecule has 1 aromatic rings. The van der Waals surface area contributed by atoms with E-state index in [-0.39, 0.29) is 0 Å². The molecule has 1 saturated heterocycles. The first kappa shape index (κ1) is 17.8. The van der Waals surface area contributed by atoms with Gasteiger partial charge in [0.05, 0.1) is 0 Å². The lowest BCUT2D eigenvalue weighted by molar-refractivity contribution is 0.263. The summed E-state index contributed by atoms with van der Waals surface area (Å²) in [6, 6.07) is 2.56. The van der Waals surface area contributed by atoms with Crippen LogP contribution in [0.1, 0.15) is 46.2 Å². The van der Waals surface area contributed by atoms with Crippen molar-refractivity contribution in [3.63, 3.8) is 0 Å². The van der Waals surface area contributed by atoms with Crippen molar-refractivity contribution in [1.29, 1.82) is 0 Å². The van der Waals surface area contributed by atoms with Gasteiger partial charge in [-0.1, -0.05) is 27.7 Å². The maximum Gasteiger partial charge on any atom is 0.129 e. The summed E-state index contributed by atoms with van der Waals surface area (Å²) in [6.45, 7) is 12.3. The smallest absolute Gasteiger partial charge is 0.129 e. The van der Waals surface area contributed by atoms with Gasteiger partial charge in [0, 0.05) is 17.8 Å². The van der Waals surface area contributed by atoms with Crippen LogP contribution in [0.4, 0.5) is 5.82 Å². The van der Waals surface area contributed by atoms with Crippen molar-refractivity contribution in [3.8, 4) is 0 Å². The van der Waals surface area contributed by atoms with Crippen LogP contribution in [0.25, 0.3) is 0 Å². The number of aryl methyl sites for hydroxylation is 1. The average molecular weight is 266 g/mol. The SMILES string of the molecule is CC.CC.Cc1cc(NC2CCN(C)CC2)ncn1. The lowest BCUT2D eigenvalue weighted by Gasteiger charge is -2.29. The van der Waals surface area contributed by atoms with E-state index in [4.69, 9.17) is 0 Å². The van der Waals surface area contributed by atoms with Crippen LogP contribution in [0, 0.1) is 6.92 Å². The fourth-order valence-electron chi connectivity index (χ4n) is 1.90. The standard InChI is InChI=1S/C11H18N4.2C2H6/c1-9-7-11(13-8-12-9)14-10-3-5-15(2)6-4-10;2*1-2/h7-8,10H,3-6H2,1-2H3,(H,12,13,14);2*1-2H3. The minimum Gasteiger partial charge on any atom is -0.367 e. The third-order valence-corrected chi connectivity index (χ3v) is 2.87. The fraction of sp³-hybridized carbons (Fsp3) is 0.733. The van der Waals surface area contributed by atoms with E-state index in [1.54, 1.807) is 6.33 Å². The second-order valence-electron chi connectivity index (χ2n) is 4.27. The van der Waals surface area contributed by atoms with Crippen LogP contribution in [0.2, 0.25) is 0 Å². The maximum atomic E-state index is 4.22. The summed E-state index contributed by atoms with van der Waals surface area (Å²) in [7, 11) is 2.17. The topological polar surface area (TPSA) is 41.0 Å². The van der Waals surface area contributed by atoms with Gasteiger partial charge in [-0.3, -0.25) is 0 Å². The van der Waals surface area contributed by atoms with Crippen LogP contribution in [-0.2, 0) is 0 Å². The third kappa shape index (κ3) is 7.11. The van der Waals surface area contributed by atoms with E-state index in [0.717, 1.165) is 11.5 Å². The molecule has 4 nitrogen and oxygen atoms in total. The molecular weight excluding hydrogens is 236 g/mol. The van der Waals surface area contributed by atoms with Crippen molar-refractivity contribution >= 4 is 5.82 Å². The lowest BCUT2D eigenvalue weighted by atomic mass is 10.1. The number of hydrogen-bond acceptors (Lipinski definition) is 4. The molecule has 110 valence electrons. The van der Waals surface area contributed by atoms with E-state index >= 15 is 0 Å². The van der Waals surface area contributed by atoms with Gasteiger partial charge in [-0.05, 0) is 39.9 Å². The molecule has 2 rings (SSSR count). The van der Waals surface area contributed by atoms with Crippen molar-refractivity contribution in [1.82, 2.24) is 14.9 Å². The first-order valence-electron chi connectivity index (χ1n) is 7.48. The van der Waals surface area contributed by atoms with Crippen LogP contribution >= 0.6 is 0 Å². The van der Waals surface area contributed by atoms with Crippen molar-refractivity contribution in [2.45, 2.75) is 53.5 Å². The van der Waals surface area contributed by atoms with Crippen molar-refractivity contribution in [2.24, 2.45) is 0 Å². The zero-order valence-corrected chi connectivity index (χ0v) is 13.4. The summed E-state index contributed by atoms with van der Waals surface area (Å²) in [5, 5.41) is 3.46. The highest BCUT2D eigenvalue weighted by Crippen LogP contribution is 2.13. The predicted octanol–water partition coefficient (Wildman–Crippen LogP) is 3.34. The van der Waals surface area contributed by atoms with Crippen LogP contribution < -0.4 is 5.32 Å². The molecule has 0 saturated carbocycles. The Balaban J connectivity index is 0.000000741. The van der Waals surface area contributed by atoms with E-state index in [1.807, 2.05) is 40.7 Å². The second kappa shape index (κ2) is 10.7. The zero-order valence-electron chi connectivity index (χ0n) is 13.4. The Morgan fingerprint density at radius 1 is 1.11 bits per heavy atom. The normalized spacial score (nSPS) is 15.7. The van der Waals surface area contributed by atoms with E-state index in [1.165, 1.54) is 25.9 Å². The largest absolute Gasteiger partial charge is 0.367 e. The zero-order chi connectivity index (χ0) is 14.7. The molecule has 0 bridgehead atoms. The van der Waals surface area contributed by atoms with Gasteiger partial charge in [0.25, 0.3) is 0 Å². The van der Waals surface area contributed by atoms with Gasteiger partial charge in [-0.2, -0.15) is 0 Å². The summed E-state index contributed by atoms with van der Waals surface area (Å²) < 4.78 is 0. The summed E-state index contributed by atoms with van der Waals surface area (Å²) in [5.74, 6) is 0.956. The molecule has 0 radical (unpaired) electrons.